The molecule has 0 radical (unpaired) electrons. The molecular formula is C4H8F2NOP. The van der Waals surface area contributed by atoms with Crippen molar-refractivity contribution in [2.75, 3.05) is 0 Å². The molecule has 9 heavy (non-hydrogen) atoms. The standard InChI is InChI=1S/C4H8F2NOP/c1-3-4(2)7-9(5,6)8/h3H2,1-2H3. The second-order valence-corrected chi connectivity index (χ2v) is 2.69. The molecule has 0 saturated carbocycles. The van der Waals surface area contributed by atoms with Crippen molar-refractivity contribution in [3.63, 3.8) is 0 Å². The molecule has 0 aromatic heterocycles. The van der Waals surface area contributed by atoms with Crippen LogP contribution in [0.15, 0.2) is 4.76 Å². The van der Waals surface area contributed by atoms with E-state index in [1.54, 1.807) is 6.92 Å². The first-order valence-electron chi connectivity index (χ1n) is 2.50. The Labute approximate surface area is 52.7 Å². The molecule has 0 unspecified atom stereocenters. The molecule has 5 heteroatoms. The lowest BCUT2D eigenvalue weighted by Crippen LogP contribution is -1.83. The Bertz CT molecular complexity index is 162. The molecule has 0 fully saturated rings. The molecule has 0 heterocycles. The van der Waals surface area contributed by atoms with Crippen LogP contribution in [-0.4, -0.2) is 5.71 Å². The van der Waals surface area contributed by atoms with E-state index in [-0.39, 0.29) is 5.71 Å². The van der Waals surface area contributed by atoms with Crippen LogP contribution in [0.3, 0.4) is 0 Å². The maximum atomic E-state index is 11.5. The molecular weight excluding hydrogens is 147 g/mol. The highest BCUT2D eigenvalue weighted by molar-refractivity contribution is 7.51. The minimum atomic E-state index is -5.15. The molecule has 0 aliphatic heterocycles. The van der Waals surface area contributed by atoms with Crippen LogP contribution < -0.4 is 0 Å². The predicted octanol–water partition coefficient (Wildman–Crippen LogP) is 2.90. The first-order valence-corrected chi connectivity index (χ1v) is 3.95. The van der Waals surface area contributed by atoms with E-state index in [1.807, 2.05) is 0 Å². The van der Waals surface area contributed by atoms with Gasteiger partial charge in [0.25, 0.3) is 0 Å². The van der Waals surface area contributed by atoms with Crippen molar-refractivity contribution in [3.05, 3.63) is 0 Å². The van der Waals surface area contributed by atoms with Crippen molar-refractivity contribution in [1.29, 1.82) is 0 Å². The van der Waals surface area contributed by atoms with Gasteiger partial charge in [-0.25, -0.2) is 4.57 Å². The Morgan fingerprint density at radius 3 is 2.22 bits per heavy atom. The van der Waals surface area contributed by atoms with Gasteiger partial charge in [0.1, 0.15) is 0 Å². The summed E-state index contributed by atoms with van der Waals surface area (Å²) < 4.78 is 35.4. The van der Waals surface area contributed by atoms with Crippen molar-refractivity contribution in [1.82, 2.24) is 0 Å². The van der Waals surface area contributed by atoms with E-state index in [0.717, 1.165) is 0 Å². The van der Waals surface area contributed by atoms with Crippen LogP contribution in [0.25, 0.3) is 0 Å². The average molecular weight is 155 g/mol. The van der Waals surface area contributed by atoms with E-state index in [4.69, 9.17) is 0 Å². The van der Waals surface area contributed by atoms with Crippen molar-refractivity contribution >= 4 is 13.6 Å². The van der Waals surface area contributed by atoms with E-state index in [0.29, 0.717) is 6.42 Å². The summed E-state index contributed by atoms with van der Waals surface area (Å²) in [5.41, 5.74) is 0.225. The number of hydrogen-bond donors (Lipinski definition) is 0. The van der Waals surface area contributed by atoms with Crippen LogP contribution >= 0.6 is 7.91 Å². The third-order valence-electron chi connectivity index (χ3n) is 0.799. The zero-order chi connectivity index (χ0) is 7.49. The van der Waals surface area contributed by atoms with Crippen molar-refractivity contribution in [3.8, 4) is 0 Å². The molecule has 0 aliphatic carbocycles. The highest BCUT2D eigenvalue weighted by Gasteiger charge is 2.15. The average Bonchev–Trinajstić information content (AvgIpc) is 1.62. The van der Waals surface area contributed by atoms with Gasteiger partial charge in [-0.15, -0.1) is 8.39 Å². The summed E-state index contributed by atoms with van der Waals surface area (Å²) in [6, 6.07) is 0. The third kappa shape index (κ3) is 5.63. The maximum absolute atomic E-state index is 11.5. The molecule has 0 aliphatic rings. The van der Waals surface area contributed by atoms with Crippen LogP contribution in [0, 0.1) is 0 Å². The fraction of sp³-hybridized carbons (Fsp3) is 0.750. The summed E-state index contributed by atoms with van der Waals surface area (Å²) >= 11 is 0. The highest BCUT2D eigenvalue weighted by Crippen LogP contribution is 2.50. The normalized spacial score (nSPS) is 14.0. The minimum Gasteiger partial charge on any atom is -0.224 e. The van der Waals surface area contributed by atoms with Gasteiger partial charge in [0.05, 0.1) is 0 Å². The summed E-state index contributed by atoms with van der Waals surface area (Å²) in [4.78, 5) is 0. The van der Waals surface area contributed by atoms with Gasteiger partial charge in [0.15, 0.2) is 0 Å². The van der Waals surface area contributed by atoms with Crippen molar-refractivity contribution in [2.24, 2.45) is 4.76 Å². The summed E-state index contributed by atoms with van der Waals surface area (Å²) in [5.74, 6) is 0. The Kier molecular flexibility index (Phi) is 2.98. The van der Waals surface area contributed by atoms with Crippen LogP contribution in [0.5, 0.6) is 0 Å². The van der Waals surface area contributed by atoms with Gasteiger partial charge in [-0.05, 0) is 13.3 Å². The predicted molar refractivity (Wildman–Crippen MR) is 33.2 cm³/mol. The minimum absolute atomic E-state index is 0.225. The SMILES string of the molecule is CCC(C)=NP(=O)(F)F. The Balaban J connectivity index is 4.13. The van der Waals surface area contributed by atoms with E-state index in [2.05, 4.69) is 4.76 Å². The lowest BCUT2D eigenvalue weighted by Gasteiger charge is -1.91. The first kappa shape index (κ1) is 8.76. The molecule has 2 nitrogen and oxygen atoms in total. The monoisotopic (exact) mass is 155 g/mol. The van der Waals surface area contributed by atoms with E-state index in [1.165, 1.54) is 6.92 Å². The summed E-state index contributed by atoms with van der Waals surface area (Å²) in [7, 11) is -5.15. The highest BCUT2D eigenvalue weighted by atomic mass is 31.2. The molecule has 0 aromatic rings. The smallest absolute Gasteiger partial charge is 0.224 e. The van der Waals surface area contributed by atoms with E-state index >= 15 is 0 Å². The molecule has 0 saturated heterocycles. The lowest BCUT2D eigenvalue weighted by molar-refractivity contribution is 0.496. The van der Waals surface area contributed by atoms with E-state index < -0.39 is 7.91 Å². The van der Waals surface area contributed by atoms with Crippen LogP contribution in [-0.2, 0) is 4.57 Å². The Morgan fingerprint density at radius 1 is 1.67 bits per heavy atom. The van der Waals surface area contributed by atoms with Crippen LogP contribution in [0.1, 0.15) is 20.3 Å². The largest absolute Gasteiger partial charge is 0.529 e. The third-order valence-corrected chi connectivity index (χ3v) is 1.37. The van der Waals surface area contributed by atoms with Gasteiger partial charge < -0.3 is 0 Å². The second-order valence-electron chi connectivity index (χ2n) is 1.62. The summed E-state index contributed by atoms with van der Waals surface area (Å²) in [5, 5.41) is 0. The zero-order valence-corrected chi connectivity index (χ0v) is 6.16. The van der Waals surface area contributed by atoms with Crippen LogP contribution in [0.2, 0.25) is 0 Å². The molecule has 0 N–H and O–H groups in total. The van der Waals surface area contributed by atoms with Gasteiger partial charge in [0, 0.05) is 5.71 Å². The van der Waals surface area contributed by atoms with Gasteiger partial charge in [0.2, 0.25) is 0 Å². The molecule has 0 atom stereocenters. The molecule has 54 valence electrons. The first-order chi connectivity index (χ1) is 3.95. The molecule has 0 rings (SSSR count). The Hall–Kier alpha value is -0.240. The lowest BCUT2D eigenvalue weighted by atomic mass is 10.3. The maximum Gasteiger partial charge on any atom is 0.529 e. The van der Waals surface area contributed by atoms with E-state index in [9.17, 15) is 13.0 Å². The number of hydrogen-bond acceptors (Lipinski definition) is 1. The fourth-order valence-corrected chi connectivity index (χ4v) is 0.808. The van der Waals surface area contributed by atoms with Gasteiger partial charge in [-0.2, -0.15) is 4.76 Å². The van der Waals surface area contributed by atoms with Crippen molar-refractivity contribution < 1.29 is 13.0 Å². The number of rotatable bonds is 2. The quantitative estimate of drug-likeness (QED) is 0.445. The van der Waals surface area contributed by atoms with Crippen LogP contribution in [0.4, 0.5) is 8.39 Å². The topological polar surface area (TPSA) is 29.4 Å². The van der Waals surface area contributed by atoms with Gasteiger partial charge in [-0.3, -0.25) is 0 Å². The summed E-state index contributed by atoms with van der Waals surface area (Å²) in [6.45, 7) is 3.10. The molecule has 0 amide bonds. The second kappa shape index (κ2) is 3.06. The van der Waals surface area contributed by atoms with Gasteiger partial charge in [-0.1, -0.05) is 6.92 Å². The zero-order valence-electron chi connectivity index (χ0n) is 5.27. The number of halogens is 2. The van der Waals surface area contributed by atoms with Gasteiger partial charge >= 0.3 is 7.91 Å². The molecule has 0 spiro atoms. The number of nitrogens with zero attached hydrogens (tertiary/aromatic N) is 1. The molecule has 0 aromatic carbocycles. The van der Waals surface area contributed by atoms with Crippen molar-refractivity contribution in [2.45, 2.75) is 20.3 Å². The summed E-state index contributed by atoms with van der Waals surface area (Å²) in [6.07, 6.45) is 0.415. The molecule has 0 bridgehead atoms. The fourth-order valence-electron chi connectivity index (χ4n) is 0.269. The Morgan fingerprint density at radius 2 is 2.11 bits per heavy atom.